The predicted molar refractivity (Wildman–Crippen MR) is 50.1 cm³/mol. The second-order valence-electron chi connectivity index (χ2n) is 2.25. The van der Waals surface area contributed by atoms with Crippen molar-refractivity contribution in [1.82, 2.24) is 4.98 Å². The lowest BCUT2D eigenvalue weighted by molar-refractivity contribution is 0.0694. The van der Waals surface area contributed by atoms with E-state index in [0.717, 1.165) is 0 Å². The maximum Gasteiger partial charge on any atom is 0.341 e. The molecule has 5 heteroatoms. The van der Waals surface area contributed by atoms with E-state index < -0.39 is 5.97 Å². The Balaban J connectivity index is 3.04. The van der Waals surface area contributed by atoms with Crippen molar-refractivity contribution in [3.8, 4) is 5.88 Å². The lowest BCUT2D eigenvalue weighted by Crippen LogP contribution is -2.07. The van der Waals surface area contributed by atoms with Gasteiger partial charge in [0, 0.05) is 13.1 Å². The number of nitrogens with zero attached hydrogens (tertiary/aromatic N) is 1. The van der Waals surface area contributed by atoms with Gasteiger partial charge in [-0.25, -0.2) is 9.78 Å². The number of carboxylic acids is 1. The zero-order valence-electron chi connectivity index (χ0n) is 6.85. The highest BCUT2D eigenvalue weighted by Gasteiger charge is 2.11. The highest BCUT2D eigenvalue weighted by atomic mass is 32.1. The van der Waals surface area contributed by atoms with Crippen LogP contribution in [0.1, 0.15) is 17.3 Å². The summed E-state index contributed by atoms with van der Waals surface area (Å²) in [5.74, 6) is -1.05. The smallest absolute Gasteiger partial charge is 0.341 e. The van der Waals surface area contributed by atoms with Gasteiger partial charge in [-0.1, -0.05) is 0 Å². The maximum absolute atomic E-state index is 10.6. The van der Waals surface area contributed by atoms with Crippen LogP contribution in [0.15, 0.2) is 18.3 Å². The maximum atomic E-state index is 10.6. The van der Waals surface area contributed by atoms with E-state index in [1.165, 1.54) is 18.3 Å². The predicted octanol–water partition coefficient (Wildman–Crippen LogP) is 1.51. The summed E-state index contributed by atoms with van der Waals surface area (Å²) >= 11 is 4.67. The number of hydrogen-bond donors (Lipinski definition) is 1. The molecule has 0 fully saturated rings. The fraction of sp³-hybridized carbons (Fsp3) is 0.125. The number of aromatic nitrogens is 1. The fourth-order valence-corrected chi connectivity index (χ4v) is 0.850. The minimum absolute atomic E-state index is 0.00620. The van der Waals surface area contributed by atoms with E-state index in [4.69, 9.17) is 9.84 Å². The van der Waals surface area contributed by atoms with Crippen LogP contribution in [0.25, 0.3) is 0 Å². The Hall–Kier alpha value is -1.49. The third-order valence-electron chi connectivity index (χ3n) is 1.24. The van der Waals surface area contributed by atoms with Gasteiger partial charge in [0.25, 0.3) is 0 Å². The number of hydrogen-bond acceptors (Lipinski definition) is 4. The lowest BCUT2D eigenvalue weighted by Gasteiger charge is -2.03. The SMILES string of the molecule is CC(=S)Oc1ncccc1C(=O)O. The first-order valence-corrected chi connectivity index (χ1v) is 3.89. The van der Waals surface area contributed by atoms with Crippen molar-refractivity contribution >= 4 is 23.2 Å². The molecule has 0 bridgehead atoms. The van der Waals surface area contributed by atoms with Crippen LogP contribution in [0.2, 0.25) is 0 Å². The number of aromatic carboxylic acids is 1. The Bertz CT molecular complexity index is 351. The van der Waals surface area contributed by atoms with Gasteiger partial charge in [-0.05, 0) is 24.4 Å². The zero-order chi connectivity index (χ0) is 9.84. The molecule has 1 aromatic heterocycles. The van der Waals surface area contributed by atoms with Gasteiger partial charge in [0.15, 0.2) is 5.05 Å². The Kier molecular flexibility index (Phi) is 2.92. The molecular formula is C8H7NO3S. The van der Waals surface area contributed by atoms with E-state index >= 15 is 0 Å². The number of carboxylic acid groups (broad SMARTS) is 1. The second kappa shape index (κ2) is 3.95. The molecule has 0 saturated heterocycles. The molecule has 1 N–H and O–H groups in total. The number of ether oxygens (including phenoxy) is 1. The summed E-state index contributed by atoms with van der Waals surface area (Å²) in [6.45, 7) is 1.55. The molecule has 0 aliphatic carbocycles. The average Bonchev–Trinajstić information content (AvgIpc) is 2.03. The summed E-state index contributed by atoms with van der Waals surface area (Å²) in [7, 11) is 0. The summed E-state index contributed by atoms with van der Waals surface area (Å²) in [6, 6.07) is 2.93. The second-order valence-corrected chi connectivity index (χ2v) is 2.83. The monoisotopic (exact) mass is 197 g/mol. The molecule has 0 aliphatic heterocycles. The summed E-state index contributed by atoms with van der Waals surface area (Å²) in [5, 5.41) is 8.95. The van der Waals surface area contributed by atoms with Crippen LogP contribution in [0.3, 0.4) is 0 Å². The zero-order valence-corrected chi connectivity index (χ0v) is 7.67. The molecule has 0 unspecified atom stereocenters. The van der Waals surface area contributed by atoms with Crippen molar-refractivity contribution in [2.24, 2.45) is 0 Å². The van der Waals surface area contributed by atoms with Crippen molar-refractivity contribution < 1.29 is 14.6 Å². The topological polar surface area (TPSA) is 59.4 Å². The summed E-state index contributed by atoms with van der Waals surface area (Å²) in [4.78, 5) is 14.4. The van der Waals surface area contributed by atoms with E-state index in [0.29, 0.717) is 0 Å². The van der Waals surface area contributed by atoms with Gasteiger partial charge in [0.2, 0.25) is 5.88 Å². The first-order chi connectivity index (χ1) is 6.11. The Morgan fingerprint density at radius 3 is 2.92 bits per heavy atom. The largest absolute Gasteiger partial charge is 0.477 e. The third-order valence-corrected chi connectivity index (χ3v) is 1.33. The molecule has 1 rings (SSSR count). The Labute approximate surface area is 80.2 Å². The summed E-state index contributed by atoms with van der Waals surface area (Å²) in [5.41, 5.74) is 0.00620. The molecule has 0 amide bonds. The van der Waals surface area contributed by atoms with Crippen molar-refractivity contribution in [1.29, 1.82) is 0 Å². The molecule has 0 saturated carbocycles. The normalized spacial score (nSPS) is 9.31. The van der Waals surface area contributed by atoms with Crippen LogP contribution in [0.4, 0.5) is 0 Å². The molecule has 0 spiro atoms. The molecule has 68 valence electrons. The van der Waals surface area contributed by atoms with Gasteiger partial charge in [-0.2, -0.15) is 0 Å². The van der Waals surface area contributed by atoms with E-state index in [-0.39, 0.29) is 16.5 Å². The van der Waals surface area contributed by atoms with Crippen molar-refractivity contribution in [2.75, 3.05) is 0 Å². The average molecular weight is 197 g/mol. The van der Waals surface area contributed by atoms with Gasteiger partial charge in [0.05, 0.1) is 0 Å². The third kappa shape index (κ3) is 2.48. The molecule has 13 heavy (non-hydrogen) atoms. The highest BCUT2D eigenvalue weighted by molar-refractivity contribution is 7.80. The number of carbonyl (C=O) groups is 1. The lowest BCUT2D eigenvalue weighted by atomic mass is 10.3. The van der Waals surface area contributed by atoms with Crippen LogP contribution in [0.5, 0.6) is 5.88 Å². The van der Waals surface area contributed by atoms with E-state index in [1.54, 1.807) is 6.92 Å². The number of thiocarbonyl (C=S) groups is 1. The van der Waals surface area contributed by atoms with Crippen molar-refractivity contribution in [2.45, 2.75) is 6.92 Å². The molecule has 0 radical (unpaired) electrons. The molecule has 0 aromatic carbocycles. The Morgan fingerprint density at radius 2 is 2.38 bits per heavy atom. The minimum Gasteiger partial charge on any atom is -0.477 e. The minimum atomic E-state index is -1.08. The van der Waals surface area contributed by atoms with Crippen LogP contribution in [-0.2, 0) is 0 Å². The van der Waals surface area contributed by atoms with Gasteiger partial charge < -0.3 is 9.84 Å². The van der Waals surface area contributed by atoms with E-state index in [9.17, 15) is 4.79 Å². The summed E-state index contributed by atoms with van der Waals surface area (Å²) in [6.07, 6.45) is 1.44. The molecule has 1 heterocycles. The molecular weight excluding hydrogens is 190 g/mol. The first-order valence-electron chi connectivity index (χ1n) is 3.48. The molecule has 4 nitrogen and oxygen atoms in total. The van der Waals surface area contributed by atoms with Crippen molar-refractivity contribution in [3.05, 3.63) is 23.9 Å². The quantitative estimate of drug-likeness (QED) is 0.728. The van der Waals surface area contributed by atoms with Gasteiger partial charge in [-0.3, -0.25) is 0 Å². The standard InChI is InChI=1S/C8H7NO3S/c1-5(13)12-7-6(8(10)11)3-2-4-9-7/h2-4H,1H3,(H,10,11). The van der Waals surface area contributed by atoms with Crippen LogP contribution in [-0.4, -0.2) is 21.1 Å². The first kappa shape index (κ1) is 9.60. The molecule has 1 aromatic rings. The molecule has 0 atom stereocenters. The van der Waals surface area contributed by atoms with E-state index in [2.05, 4.69) is 17.2 Å². The number of rotatable bonds is 2. The van der Waals surface area contributed by atoms with Crippen LogP contribution >= 0.6 is 12.2 Å². The highest BCUT2D eigenvalue weighted by Crippen LogP contribution is 2.14. The van der Waals surface area contributed by atoms with Gasteiger partial charge >= 0.3 is 5.97 Å². The van der Waals surface area contributed by atoms with Gasteiger partial charge in [-0.15, -0.1) is 0 Å². The van der Waals surface area contributed by atoms with Gasteiger partial charge in [0.1, 0.15) is 5.56 Å². The number of pyridine rings is 1. The fourth-order valence-electron chi connectivity index (χ4n) is 0.771. The summed E-state index contributed by atoms with van der Waals surface area (Å²) < 4.78 is 4.95. The molecule has 0 aliphatic rings. The van der Waals surface area contributed by atoms with Crippen LogP contribution < -0.4 is 4.74 Å². The van der Waals surface area contributed by atoms with E-state index in [1.807, 2.05) is 0 Å². The van der Waals surface area contributed by atoms with Crippen LogP contribution in [0, 0.1) is 0 Å². The Morgan fingerprint density at radius 1 is 1.69 bits per heavy atom. The van der Waals surface area contributed by atoms with Crippen molar-refractivity contribution in [3.63, 3.8) is 0 Å².